The van der Waals surface area contributed by atoms with Crippen LogP contribution in [0.15, 0.2) is 48.5 Å². The molecular weight excluding hydrogens is 452 g/mol. The van der Waals surface area contributed by atoms with Gasteiger partial charge in [0, 0.05) is 31.8 Å². The lowest BCUT2D eigenvalue weighted by Crippen LogP contribution is -2.37. The zero-order valence-corrected chi connectivity index (χ0v) is 21.1. The number of benzene rings is 2. The van der Waals surface area contributed by atoms with Gasteiger partial charge in [0.05, 0.1) is 23.9 Å². The molecule has 0 bridgehead atoms. The molecule has 0 saturated heterocycles. The number of aromatic nitrogens is 2. The van der Waals surface area contributed by atoms with Gasteiger partial charge in [-0.15, -0.1) is 0 Å². The van der Waals surface area contributed by atoms with E-state index in [1.54, 1.807) is 11.7 Å². The molecule has 0 radical (unpaired) electrons. The number of aliphatic hydroxyl groups is 1. The highest BCUT2D eigenvalue weighted by Gasteiger charge is 2.24. The summed E-state index contributed by atoms with van der Waals surface area (Å²) in [5.74, 6) is -1.20. The molecule has 3 rings (SSSR count). The highest BCUT2D eigenvalue weighted by Crippen LogP contribution is 2.35. The quantitative estimate of drug-likeness (QED) is 0.385. The molecular formula is C27H35F2N3O3. The topological polar surface area (TPSA) is 59.8 Å². The third kappa shape index (κ3) is 7.59. The van der Waals surface area contributed by atoms with E-state index in [2.05, 4.69) is 16.9 Å². The Balaban J connectivity index is 1.94. The molecule has 3 aromatic rings. The Morgan fingerprint density at radius 2 is 1.83 bits per heavy atom. The summed E-state index contributed by atoms with van der Waals surface area (Å²) in [5, 5.41) is 15.3. The van der Waals surface area contributed by atoms with Crippen molar-refractivity contribution in [3.8, 4) is 22.9 Å². The molecule has 1 aromatic heterocycles. The molecule has 0 aliphatic rings. The molecule has 0 fully saturated rings. The maximum absolute atomic E-state index is 14.4. The largest absolute Gasteiger partial charge is 0.436 e. The van der Waals surface area contributed by atoms with Crippen LogP contribution in [0.1, 0.15) is 39.7 Å². The molecule has 0 amide bonds. The molecule has 2 aromatic carbocycles. The molecule has 0 spiro atoms. The van der Waals surface area contributed by atoms with Crippen LogP contribution in [0.4, 0.5) is 8.78 Å². The lowest BCUT2D eigenvalue weighted by molar-refractivity contribution is -0.0566. The fraction of sp³-hybridized carbons (Fsp3) is 0.444. The minimum atomic E-state index is -0.793. The molecule has 0 unspecified atom stereocenters. The van der Waals surface area contributed by atoms with Gasteiger partial charge >= 0.3 is 0 Å². The van der Waals surface area contributed by atoms with Gasteiger partial charge in [0.15, 0.2) is 11.6 Å². The summed E-state index contributed by atoms with van der Waals surface area (Å²) >= 11 is 0. The number of hydrogen-bond acceptors (Lipinski definition) is 5. The molecule has 35 heavy (non-hydrogen) atoms. The zero-order chi connectivity index (χ0) is 25.6. The van der Waals surface area contributed by atoms with E-state index in [4.69, 9.17) is 9.47 Å². The number of ether oxygens (including phenoxy) is 2. The van der Waals surface area contributed by atoms with E-state index in [1.807, 2.05) is 51.1 Å². The van der Waals surface area contributed by atoms with E-state index in [9.17, 15) is 13.9 Å². The van der Waals surface area contributed by atoms with Crippen molar-refractivity contribution in [3.63, 3.8) is 0 Å². The van der Waals surface area contributed by atoms with Crippen LogP contribution in [0.5, 0.6) is 11.6 Å². The number of nitrogens with zero attached hydrogens (tertiary/aromatic N) is 3. The Morgan fingerprint density at radius 3 is 2.46 bits per heavy atom. The number of aliphatic hydroxyl groups excluding tert-OH is 1. The summed E-state index contributed by atoms with van der Waals surface area (Å²) in [7, 11) is 1.73. The van der Waals surface area contributed by atoms with Crippen LogP contribution < -0.4 is 4.74 Å². The number of hydrogen-bond donors (Lipinski definition) is 1. The Kier molecular flexibility index (Phi) is 8.99. The maximum atomic E-state index is 14.4. The molecule has 6 nitrogen and oxygen atoms in total. The SMILES string of the molecule is CCCN(Cc1c(-c2ccccc2)nn(C)c1Oc1ccc(F)cc1F)C[C@@H](O)COC(C)(C)C. The highest BCUT2D eigenvalue weighted by atomic mass is 19.1. The molecule has 0 aliphatic carbocycles. The summed E-state index contributed by atoms with van der Waals surface area (Å²) < 4.78 is 41.1. The predicted molar refractivity (Wildman–Crippen MR) is 132 cm³/mol. The van der Waals surface area contributed by atoms with Crippen LogP contribution >= 0.6 is 0 Å². The maximum Gasteiger partial charge on any atom is 0.222 e. The summed E-state index contributed by atoms with van der Waals surface area (Å²) in [6.07, 6.45) is 0.188. The average molecular weight is 488 g/mol. The Morgan fingerprint density at radius 1 is 1.11 bits per heavy atom. The highest BCUT2D eigenvalue weighted by molar-refractivity contribution is 5.65. The van der Waals surface area contributed by atoms with Crippen LogP contribution in [0.25, 0.3) is 11.3 Å². The van der Waals surface area contributed by atoms with Crippen LogP contribution in [0, 0.1) is 11.6 Å². The third-order valence-corrected chi connectivity index (χ3v) is 5.33. The first-order chi connectivity index (χ1) is 16.6. The molecule has 1 N–H and O–H groups in total. The first-order valence-corrected chi connectivity index (χ1v) is 11.9. The smallest absolute Gasteiger partial charge is 0.222 e. The van der Waals surface area contributed by atoms with Crippen molar-refractivity contribution in [2.24, 2.45) is 7.05 Å². The molecule has 0 saturated carbocycles. The molecule has 0 aliphatic heterocycles. The minimum Gasteiger partial charge on any atom is -0.436 e. The Hall–Kier alpha value is -2.81. The van der Waals surface area contributed by atoms with Gasteiger partial charge in [0.25, 0.3) is 0 Å². The van der Waals surface area contributed by atoms with Gasteiger partial charge in [-0.2, -0.15) is 5.10 Å². The Bertz CT molecular complexity index is 1100. The monoisotopic (exact) mass is 487 g/mol. The average Bonchev–Trinajstić information content (AvgIpc) is 3.09. The lowest BCUT2D eigenvalue weighted by Gasteiger charge is -2.27. The number of halogens is 2. The van der Waals surface area contributed by atoms with E-state index in [1.165, 1.54) is 6.07 Å². The first-order valence-electron chi connectivity index (χ1n) is 11.9. The van der Waals surface area contributed by atoms with Gasteiger partial charge in [-0.1, -0.05) is 37.3 Å². The van der Waals surface area contributed by atoms with Crippen molar-refractivity contribution in [2.45, 2.75) is 52.4 Å². The van der Waals surface area contributed by atoms with Crippen molar-refractivity contribution in [1.82, 2.24) is 14.7 Å². The van der Waals surface area contributed by atoms with Crippen LogP contribution in [0.3, 0.4) is 0 Å². The van der Waals surface area contributed by atoms with Gasteiger partial charge in [0.1, 0.15) is 11.5 Å². The normalized spacial score (nSPS) is 12.8. The second-order valence-electron chi connectivity index (χ2n) is 9.61. The fourth-order valence-corrected chi connectivity index (χ4v) is 3.78. The predicted octanol–water partition coefficient (Wildman–Crippen LogP) is 5.55. The minimum absolute atomic E-state index is 0.0871. The number of rotatable bonds is 11. The molecule has 8 heteroatoms. The van der Waals surface area contributed by atoms with Crippen molar-refractivity contribution >= 4 is 0 Å². The molecule has 1 heterocycles. The summed E-state index contributed by atoms with van der Waals surface area (Å²) in [6.45, 7) is 9.65. The van der Waals surface area contributed by atoms with Gasteiger partial charge in [-0.05, 0) is 45.9 Å². The van der Waals surface area contributed by atoms with Gasteiger partial charge in [0.2, 0.25) is 5.88 Å². The second kappa shape index (κ2) is 11.7. The summed E-state index contributed by atoms with van der Waals surface area (Å²) in [4.78, 5) is 2.11. The van der Waals surface area contributed by atoms with E-state index < -0.39 is 17.7 Å². The van der Waals surface area contributed by atoms with Gasteiger partial charge < -0.3 is 14.6 Å². The summed E-state index contributed by atoms with van der Waals surface area (Å²) in [6, 6.07) is 12.9. The van der Waals surface area contributed by atoms with E-state index in [0.29, 0.717) is 24.7 Å². The van der Waals surface area contributed by atoms with E-state index in [-0.39, 0.29) is 18.0 Å². The second-order valence-corrected chi connectivity index (χ2v) is 9.61. The zero-order valence-electron chi connectivity index (χ0n) is 21.1. The van der Waals surface area contributed by atoms with E-state index >= 15 is 0 Å². The van der Waals surface area contributed by atoms with Crippen LogP contribution in [-0.4, -0.2) is 51.2 Å². The Labute approximate surface area is 206 Å². The summed E-state index contributed by atoms with van der Waals surface area (Å²) in [5.41, 5.74) is 1.99. The van der Waals surface area contributed by atoms with Crippen molar-refractivity contribution in [2.75, 3.05) is 19.7 Å². The van der Waals surface area contributed by atoms with Gasteiger partial charge in [-0.3, -0.25) is 4.90 Å². The third-order valence-electron chi connectivity index (χ3n) is 5.33. The van der Waals surface area contributed by atoms with Crippen molar-refractivity contribution < 1.29 is 23.4 Å². The van der Waals surface area contributed by atoms with Crippen LogP contribution in [0.2, 0.25) is 0 Å². The first kappa shape index (κ1) is 26.8. The fourth-order valence-electron chi connectivity index (χ4n) is 3.78. The molecule has 1 atom stereocenters. The lowest BCUT2D eigenvalue weighted by atomic mass is 10.1. The molecule has 190 valence electrons. The standard InChI is InChI=1S/C27H35F2N3O3/c1-6-14-32(16-21(33)18-34-27(2,3)4)17-22-25(19-10-8-7-9-11-19)30-31(5)26(22)35-24-13-12-20(28)15-23(24)29/h7-13,15,21,33H,6,14,16-18H2,1-5H3/t21-/m1/s1. The van der Waals surface area contributed by atoms with Gasteiger partial charge in [-0.25, -0.2) is 13.5 Å². The van der Waals surface area contributed by atoms with E-state index in [0.717, 1.165) is 36.2 Å². The van der Waals surface area contributed by atoms with Crippen LogP contribution in [-0.2, 0) is 18.3 Å². The number of aryl methyl sites for hydroxylation is 1. The van der Waals surface area contributed by atoms with Crippen molar-refractivity contribution in [1.29, 1.82) is 0 Å². The van der Waals surface area contributed by atoms with Crippen molar-refractivity contribution in [3.05, 3.63) is 65.7 Å².